The Kier molecular flexibility index (Phi) is 5.91. The van der Waals surface area contributed by atoms with Crippen LogP contribution >= 0.6 is 11.6 Å². The highest BCUT2D eigenvalue weighted by Crippen LogP contribution is 2.26. The zero-order valence-corrected chi connectivity index (χ0v) is 20.6. The Morgan fingerprint density at radius 2 is 1.69 bits per heavy atom. The number of carbonyl (C=O) groups is 1. The zero-order chi connectivity index (χ0) is 24.7. The summed E-state index contributed by atoms with van der Waals surface area (Å²) in [6.07, 6.45) is 1.55. The topological polar surface area (TPSA) is 68.9 Å². The number of anilines is 1. The molecule has 0 saturated heterocycles. The van der Waals surface area contributed by atoms with Gasteiger partial charge in [0, 0.05) is 16.1 Å². The summed E-state index contributed by atoms with van der Waals surface area (Å²) in [6.45, 7) is 6.27. The molecule has 0 aliphatic carbocycles. The number of rotatable bonds is 5. The van der Waals surface area contributed by atoms with Crippen LogP contribution in [0.5, 0.6) is 0 Å². The summed E-state index contributed by atoms with van der Waals surface area (Å²) in [4.78, 5) is 31.5. The number of hydrogen-bond donors (Lipinski definition) is 1. The molecule has 6 nitrogen and oxygen atoms in total. The first-order chi connectivity index (χ1) is 16.8. The molecule has 5 rings (SSSR count). The zero-order valence-electron chi connectivity index (χ0n) is 19.8. The first-order valence-corrected chi connectivity index (χ1v) is 11.8. The quantitative estimate of drug-likeness (QED) is 0.352. The Balaban J connectivity index is 1.59. The van der Waals surface area contributed by atoms with Crippen molar-refractivity contribution in [2.45, 2.75) is 33.9 Å². The lowest BCUT2D eigenvalue weighted by molar-refractivity contribution is -0.116. The van der Waals surface area contributed by atoms with Gasteiger partial charge in [-0.15, -0.1) is 0 Å². The Morgan fingerprint density at radius 1 is 1.00 bits per heavy atom. The van der Waals surface area contributed by atoms with Gasteiger partial charge in [-0.25, -0.2) is 4.98 Å². The average molecular weight is 485 g/mol. The second kappa shape index (κ2) is 9.04. The van der Waals surface area contributed by atoms with Crippen LogP contribution in [0, 0.1) is 20.8 Å². The van der Waals surface area contributed by atoms with E-state index in [1.54, 1.807) is 17.0 Å². The fourth-order valence-electron chi connectivity index (χ4n) is 4.74. The molecule has 0 saturated carbocycles. The van der Waals surface area contributed by atoms with Crippen molar-refractivity contribution >= 4 is 45.1 Å². The van der Waals surface area contributed by atoms with Crippen LogP contribution in [-0.4, -0.2) is 20.0 Å². The van der Waals surface area contributed by atoms with Crippen molar-refractivity contribution in [2.24, 2.45) is 0 Å². The number of carbonyl (C=O) groups excluding carboxylic acids is 1. The Morgan fingerprint density at radius 3 is 2.43 bits per heavy atom. The normalized spacial score (nSPS) is 11.3. The van der Waals surface area contributed by atoms with Gasteiger partial charge in [-0.3, -0.25) is 14.2 Å². The summed E-state index contributed by atoms with van der Waals surface area (Å²) in [5.41, 5.74) is 6.31. The molecule has 0 aliphatic rings. The molecule has 176 valence electrons. The van der Waals surface area contributed by atoms with Crippen molar-refractivity contribution in [2.75, 3.05) is 5.32 Å². The van der Waals surface area contributed by atoms with Gasteiger partial charge in [0.1, 0.15) is 17.6 Å². The van der Waals surface area contributed by atoms with Crippen LogP contribution in [0.2, 0.25) is 5.02 Å². The fraction of sp³-hybridized carbons (Fsp3) is 0.179. The molecular weight excluding hydrogens is 460 g/mol. The third-order valence-electron chi connectivity index (χ3n) is 6.28. The Labute approximate surface area is 207 Å². The van der Waals surface area contributed by atoms with Crippen molar-refractivity contribution in [1.82, 2.24) is 14.1 Å². The lowest BCUT2D eigenvalue weighted by Gasteiger charge is -2.14. The molecule has 0 radical (unpaired) electrons. The fourth-order valence-corrected chi connectivity index (χ4v) is 4.93. The van der Waals surface area contributed by atoms with E-state index in [1.165, 1.54) is 4.57 Å². The van der Waals surface area contributed by atoms with E-state index in [0.717, 1.165) is 38.8 Å². The number of hydrogen-bond acceptors (Lipinski definition) is 3. The van der Waals surface area contributed by atoms with Gasteiger partial charge >= 0.3 is 0 Å². The van der Waals surface area contributed by atoms with Crippen LogP contribution in [-0.2, 0) is 17.9 Å². The number of halogens is 1. The molecule has 0 atom stereocenters. The predicted molar refractivity (Wildman–Crippen MR) is 141 cm³/mol. The summed E-state index contributed by atoms with van der Waals surface area (Å²) in [6, 6.07) is 19.1. The Bertz CT molecular complexity index is 1640. The number of nitrogens with one attached hydrogen (secondary N) is 1. The van der Waals surface area contributed by atoms with Crippen molar-refractivity contribution in [3.63, 3.8) is 0 Å². The largest absolute Gasteiger partial charge is 0.325 e. The smallest absolute Gasteiger partial charge is 0.278 e. The highest BCUT2D eigenvalue weighted by molar-refractivity contribution is 6.31. The molecule has 1 N–H and O–H groups in total. The predicted octanol–water partition coefficient (Wildman–Crippen LogP) is 5.62. The molecule has 0 aliphatic heterocycles. The first kappa shape index (κ1) is 22.9. The number of nitrogens with zero attached hydrogens (tertiary/aromatic N) is 3. The van der Waals surface area contributed by atoms with E-state index < -0.39 is 0 Å². The summed E-state index contributed by atoms with van der Waals surface area (Å²) in [5.74, 6) is -0.205. The van der Waals surface area contributed by atoms with Crippen molar-refractivity contribution in [1.29, 1.82) is 0 Å². The second-order valence-electron chi connectivity index (χ2n) is 8.89. The van der Waals surface area contributed by atoms with E-state index in [-0.39, 0.29) is 24.6 Å². The molecule has 0 fully saturated rings. The summed E-state index contributed by atoms with van der Waals surface area (Å²) < 4.78 is 3.29. The summed E-state index contributed by atoms with van der Waals surface area (Å²) >= 11 is 6.33. The van der Waals surface area contributed by atoms with Crippen LogP contribution in [0.1, 0.15) is 22.3 Å². The molecule has 7 heteroatoms. The van der Waals surface area contributed by atoms with Gasteiger partial charge in [-0.2, -0.15) is 0 Å². The van der Waals surface area contributed by atoms with E-state index in [4.69, 9.17) is 11.6 Å². The highest BCUT2D eigenvalue weighted by atomic mass is 35.5. The van der Waals surface area contributed by atoms with E-state index in [9.17, 15) is 9.59 Å². The maximum atomic E-state index is 13.6. The van der Waals surface area contributed by atoms with Gasteiger partial charge in [0.2, 0.25) is 5.91 Å². The van der Waals surface area contributed by atoms with Gasteiger partial charge in [0.25, 0.3) is 5.56 Å². The number of amides is 1. The molecule has 0 bridgehead atoms. The lowest BCUT2D eigenvalue weighted by atomic mass is 10.1. The molecule has 35 heavy (non-hydrogen) atoms. The van der Waals surface area contributed by atoms with Crippen LogP contribution in [0.4, 0.5) is 5.69 Å². The van der Waals surface area contributed by atoms with Crippen LogP contribution in [0.25, 0.3) is 21.9 Å². The van der Waals surface area contributed by atoms with Crippen LogP contribution in [0.15, 0.2) is 71.8 Å². The minimum Gasteiger partial charge on any atom is -0.325 e. The van der Waals surface area contributed by atoms with Gasteiger partial charge in [0.05, 0.1) is 18.4 Å². The molecule has 2 aromatic heterocycles. The standard InChI is InChI=1S/C28H25ClN4O2/c1-17-12-18(2)25(19(3)13-17)31-24(34)15-33-23-11-7-5-9-21(23)26-27(33)28(35)32(16-30-26)14-20-8-4-6-10-22(20)29/h4-13,16H,14-15H2,1-3H3,(H,31,34). The number of aryl methyl sites for hydroxylation is 3. The van der Waals surface area contributed by atoms with Crippen molar-refractivity contribution in [3.8, 4) is 0 Å². The lowest BCUT2D eigenvalue weighted by Crippen LogP contribution is -2.26. The van der Waals surface area contributed by atoms with Crippen LogP contribution in [0.3, 0.4) is 0 Å². The molecular formula is C28H25ClN4O2. The maximum Gasteiger partial charge on any atom is 0.278 e. The van der Waals surface area contributed by atoms with E-state index in [2.05, 4.69) is 10.3 Å². The summed E-state index contributed by atoms with van der Waals surface area (Å²) in [5, 5.41) is 4.47. The minimum absolute atomic E-state index is 0.0101. The molecule has 0 unspecified atom stereocenters. The molecule has 5 aromatic rings. The number of benzene rings is 3. The van der Waals surface area contributed by atoms with Gasteiger partial charge < -0.3 is 9.88 Å². The number of para-hydroxylation sites is 1. The van der Waals surface area contributed by atoms with Crippen molar-refractivity contribution < 1.29 is 4.79 Å². The second-order valence-corrected chi connectivity index (χ2v) is 9.30. The third kappa shape index (κ3) is 4.21. The van der Waals surface area contributed by atoms with Gasteiger partial charge in [-0.1, -0.05) is 65.7 Å². The van der Waals surface area contributed by atoms with Gasteiger partial charge in [0.15, 0.2) is 0 Å². The van der Waals surface area contributed by atoms with E-state index in [1.807, 2.05) is 75.4 Å². The first-order valence-electron chi connectivity index (χ1n) is 11.4. The third-order valence-corrected chi connectivity index (χ3v) is 6.64. The molecule has 1 amide bonds. The number of aromatic nitrogens is 3. The van der Waals surface area contributed by atoms with E-state index in [0.29, 0.717) is 16.1 Å². The molecule has 0 spiro atoms. The number of fused-ring (bicyclic) bond motifs is 3. The highest BCUT2D eigenvalue weighted by Gasteiger charge is 2.19. The molecule has 3 aromatic carbocycles. The Hall–Kier alpha value is -3.90. The van der Waals surface area contributed by atoms with Crippen LogP contribution < -0.4 is 10.9 Å². The average Bonchev–Trinajstić information content (AvgIpc) is 3.13. The van der Waals surface area contributed by atoms with Crippen molar-refractivity contribution in [3.05, 3.63) is 105 Å². The minimum atomic E-state index is -0.221. The molecule has 2 heterocycles. The van der Waals surface area contributed by atoms with E-state index >= 15 is 0 Å². The monoisotopic (exact) mass is 484 g/mol. The summed E-state index contributed by atoms with van der Waals surface area (Å²) in [7, 11) is 0. The van der Waals surface area contributed by atoms with Gasteiger partial charge in [-0.05, 0) is 49.6 Å². The SMILES string of the molecule is Cc1cc(C)c(NC(=O)Cn2c3ccccc3c3ncn(Cc4ccccc4Cl)c(=O)c32)c(C)c1. The maximum absolute atomic E-state index is 13.6.